The van der Waals surface area contributed by atoms with E-state index in [1.54, 1.807) is 17.0 Å². The van der Waals surface area contributed by atoms with Gasteiger partial charge in [0, 0.05) is 5.02 Å². The Kier molecular flexibility index (Phi) is 7.19. The summed E-state index contributed by atoms with van der Waals surface area (Å²) in [5, 5.41) is 12.3. The number of hydrogen-bond donors (Lipinski definition) is 2. The number of carbonyl (C=O) groups is 2. The van der Waals surface area contributed by atoms with Crippen molar-refractivity contribution in [2.24, 2.45) is 0 Å². The Bertz CT molecular complexity index is 476. The minimum atomic E-state index is -0.929. The van der Waals surface area contributed by atoms with E-state index in [9.17, 15) is 9.59 Å². The number of benzene rings is 1. The van der Waals surface area contributed by atoms with Gasteiger partial charge in [-0.1, -0.05) is 30.7 Å². The van der Waals surface area contributed by atoms with Crippen LogP contribution in [0.2, 0.25) is 5.02 Å². The number of carbonyl (C=O) groups excluding carboxylic acids is 1. The van der Waals surface area contributed by atoms with Crippen molar-refractivity contribution in [3.63, 3.8) is 0 Å². The fourth-order valence-corrected chi connectivity index (χ4v) is 2.17. The van der Waals surface area contributed by atoms with Gasteiger partial charge in [0.05, 0.1) is 19.1 Å². The number of rotatable bonds is 8. The molecule has 5 nitrogen and oxygen atoms in total. The Hall–Kier alpha value is -1.59. The van der Waals surface area contributed by atoms with Gasteiger partial charge in [0.25, 0.3) is 0 Å². The summed E-state index contributed by atoms with van der Waals surface area (Å²) in [7, 11) is 0. The summed E-state index contributed by atoms with van der Waals surface area (Å²) < 4.78 is 0. The zero-order valence-electron chi connectivity index (χ0n) is 12.3. The van der Waals surface area contributed by atoms with E-state index in [0.717, 1.165) is 12.0 Å². The predicted molar refractivity (Wildman–Crippen MR) is 82.4 cm³/mol. The Labute approximate surface area is 129 Å². The molecule has 1 aromatic carbocycles. The van der Waals surface area contributed by atoms with Crippen LogP contribution in [-0.4, -0.2) is 41.5 Å². The van der Waals surface area contributed by atoms with Gasteiger partial charge >= 0.3 is 5.97 Å². The Balaban J connectivity index is 2.54. The number of carboxylic acids is 1. The molecule has 116 valence electrons. The van der Waals surface area contributed by atoms with Gasteiger partial charge in [0.2, 0.25) is 5.91 Å². The molecule has 1 amide bonds. The lowest BCUT2D eigenvalue weighted by Crippen LogP contribution is -2.40. The summed E-state index contributed by atoms with van der Waals surface area (Å²) in [4.78, 5) is 24.4. The standard InChI is InChI=1S/C15H21ClN2O3/c1-3-8-18(10-15(20)21)9-14(19)17-11(2)12-4-6-13(16)7-5-12/h4-7,11H,3,8-10H2,1-2H3,(H,17,19)(H,20,21). The molecule has 0 radical (unpaired) electrons. The first-order valence-electron chi connectivity index (χ1n) is 6.91. The van der Waals surface area contributed by atoms with Crippen LogP contribution in [0.1, 0.15) is 31.9 Å². The minimum Gasteiger partial charge on any atom is -0.480 e. The lowest BCUT2D eigenvalue weighted by molar-refractivity contribution is -0.138. The maximum absolute atomic E-state index is 12.0. The zero-order chi connectivity index (χ0) is 15.8. The van der Waals surface area contributed by atoms with Gasteiger partial charge in [-0.3, -0.25) is 14.5 Å². The Morgan fingerprint density at radius 2 is 1.90 bits per heavy atom. The number of carboxylic acid groups (broad SMARTS) is 1. The van der Waals surface area contributed by atoms with Crippen LogP contribution in [0.3, 0.4) is 0 Å². The summed E-state index contributed by atoms with van der Waals surface area (Å²) in [5.74, 6) is -1.12. The van der Waals surface area contributed by atoms with Crippen molar-refractivity contribution in [2.75, 3.05) is 19.6 Å². The molecule has 0 aliphatic heterocycles. The molecule has 21 heavy (non-hydrogen) atoms. The Morgan fingerprint density at radius 3 is 2.43 bits per heavy atom. The molecule has 1 unspecified atom stereocenters. The number of amides is 1. The Morgan fingerprint density at radius 1 is 1.29 bits per heavy atom. The first-order chi connectivity index (χ1) is 9.92. The van der Waals surface area contributed by atoms with Crippen LogP contribution < -0.4 is 5.32 Å². The lowest BCUT2D eigenvalue weighted by Gasteiger charge is -2.21. The second-order valence-corrected chi connectivity index (χ2v) is 5.38. The van der Waals surface area contributed by atoms with Crippen molar-refractivity contribution in [3.8, 4) is 0 Å². The third kappa shape index (κ3) is 6.60. The van der Waals surface area contributed by atoms with Crippen molar-refractivity contribution in [2.45, 2.75) is 26.3 Å². The van der Waals surface area contributed by atoms with E-state index >= 15 is 0 Å². The summed E-state index contributed by atoms with van der Waals surface area (Å²) in [6, 6.07) is 7.10. The molecule has 0 saturated heterocycles. The SMILES string of the molecule is CCCN(CC(=O)O)CC(=O)NC(C)c1ccc(Cl)cc1. The molecule has 0 spiro atoms. The average molecular weight is 313 g/mol. The van der Waals surface area contributed by atoms with E-state index < -0.39 is 5.97 Å². The topological polar surface area (TPSA) is 69.6 Å². The summed E-state index contributed by atoms with van der Waals surface area (Å²) in [6.07, 6.45) is 0.799. The summed E-state index contributed by atoms with van der Waals surface area (Å²) >= 11 is 5.82. The molecular weight excluding hydrogens is 292 g/mol. The highest BCUT2D eigenvalue weighted by atomic mass is 35.5. The molecule has 2 N–H and O–H groups in total. The van der Waals surface area contributed by atoms with Crippen LogP contribution in [0.4, 0.5) is 0 Å². The number of nitrogens with one attached hydrogen (secondary N) is 1. The third-order valence-electron chi connectivity index (χ3n) is 3.01. The molecule has 0 heterocycles. The smallest absolute Gasteiger partial charge is 0.317 e. The van der Waals surface area contributed by atoms with Gasteiger partial charge < -0.3 is 10.4 Å². The van der Waals surface area contributed by atoms with E-state index in [1.807, 2.05) is 26.0 Å². The number of halogens is 1. The minimum absolute atomic E-state index is 0.0814. The molecule has 0 fully saturated rings. The molecule has 0 bridgehead atoms. The second-order valence-electron chi connectivity index (χ2n) is 4.95. The van der Waals surface area contributed by atoms with Crippen LogP contribution in [0.5, 0.6) is 0 Å². The highest BCUT2D eigenvalue weighted by Crippen LogP contribution is 2.15. The zero-order valence-corrected chi connectivity index (χ0v) is 13.1. The van der Waals surface area contributed by atoms with Crippen molar-refractivity contribution in [1.29, 1.82) is 0 Å². The fourth-order valence-electron chi connectivity index (χ4n) is 2.05. The van der Waals surface area contributed by atoms with Gasteiger partial charge in [-0.15, -0.1) is 0 Å². The van der Waals surface area contributed by atoms with Crippen LogP contribution in [-0.2, 0) is 9.59 Å². The normalized spacial score (nSPS) is 12.2. The van der Waals surface area contributed by atoms with Gasteiger partial charge in [0.15, 0.2) is 0 Å². The first-order valence-corrected chi connectivity index (χ1v) is 7.29. The van der Waals surface area contributed by atoms with E-state index in [0.29, 0.717) is 11.6 Å². The third-order valence-corrected chi connectivity index (χ3v) is 3.27. The van der Waals surface area contributed by atoms with Gasteiger partial charge in [-0.25, -0.2) is 0 Å². The van der Waals surface area contributed by atoms with E-state index in [1.165, 1.54) is 0 Å². The lowest BCUT2D eigenvalue weighted by atomic mass is 10.1. The van der Waals surface area contributed by atoms with Crippen LogP contribution in [0, 0.1) is 0 Å². The van der Waals surface area contributed by atoms with Crippen LogP contribution in [0.25, 0.3) is 0 Å². The van der Waals surface area contributed by atoms with E-state index in [-0.39, 0.29) is 25.0 Å². The summed E-state index contributed by atoms with van der Waals surface area (Å²) in [5.41, 5.74) is 0.952. The van der Waals surface area contributed by atoms with Crippen molar-refractivity contribution >= 4 is 23.5 Å². The molecule has 1 atom stereocenters. The number of hydrogen-bond acceptors (Lipinski definition) is 3. The average Bonchev–Trinajstić information content (AvgIpc) is 2.38. The van der Waals surface area contributed by atoms with Crippen LogP contribution >= 0.6 is 11.6 Å². The molecule has 0 aliphatic carbocycles. The van der Waals surface area contributed by atoms with Crippen LogP contribution in [0.15, 0.2) is 24.3 Å². The van der Waals surface area contributed by atoms with E-state index in [4.69, 9.17) is 16.7 Å². The molecule has 0 aromatic heterocycles. The molecule has 6 heteroatoms. The molecule has 0 aliphatic rings. The summed E-state index contributed by atoms with van der Waals surface area (Å²) in [6.45, 7) is 4.36. The van der Waals surface area contributed by atoms with Crippen molar-refractivity contribution in [1.82, 2.24) is 10.2 Å². The number of nitrogens with zero attached hydrogens (tertiary/aromatic N) is 1. The highest BCUT2D eigenvalue weighted by molar-refractivity contribution is 6.30. The molecule has 1 rings (SSSR count). The molecule has 0 saturated carbocycles. The quantitative estimate of drug-likeness (QED) is 0.773. The molecule has 1 aromatic rings. The monoisotopic (exact) mass is 312 g/mol. The van der Waals surface area contributed by atoms with Crippen molar-refractivity contribution in [3.05, 3.63) is 34.9 Å². The first kappa shape index (κ1) is 17.5. The fraction of sp³-hybridized carbons (Fsp3) is 0.467. The maximum Gasteiger partial charge on any atom is 0.317 e. The largest absolute Gasteiger partial charge is 0.480 e. The van der Waals surface area contributed by atoms with Gasteiger partial charge in [-0.05, 0) is 37.6 Å². The highest BCUT2D eigenvalue weighted by Gasteiger charge is 2.15. The van der Waals surface area contributed by atoms with Gasteiger partial charge in [0.1, 0.15) is 0 Å². The predicted octanol–water partition coefficient (Wildman–Crippen LogP) is 2.31. The maximum atomic E-state index is 12.0. The molecular formula is C15H21ClN2O3. The second kappa shape index (κ2) is 8.64. The van der Waals surface area contributed by atoms with Crippen molar-refractivity contribution < 1.29 is 14.7 Å². The van der Waals surface area contributed by atoms with Gasteiger partial charge in [-0.2, -0.15) is 0 Å². The number of aliphatic carboxylic acids is 1. The van der Waals surface area contributed by atoms with E-state index in [2.05, 4.69) is 5.32 Å².